The summed E-state index contributed by atoms with van der Waals surface area (Å²) in [4.78, 5) is 39.1. The van der Waals surface area contributed by atoms with Crippen molar-refractivity contribution in [3.8, 4) is 0 Å². The number of aromatic nitrogens is 1. The van der Waals surface area contributed by atoms with Gasteiger partial charge in [-0.15, -0.1) is 0 Å². The zero-order valence-electron chi connectivity index (χ0n) is 18.1. The number of rotatable bonds is 6. The van der Waals surface area contributed by atoms with Crippen molar-refractivity contribution in [2.24, 2.45) is 11.5 Å². The van der Waals surface area contributed by atoms with Gasteiger partial charge in [0.15, 0.2) is 5.78 Å². The quantitative estimate of drug-likeness (QED) is 0.555. The maximum Gasteiger partial charge on any atom is 0.323 e. The summed E-state index contributed by atoms with van der Waals surface area (Å²) in [5.41, 5.74) is 12.7. The third kappa shape index (κ3) is 4.41. The number of likely N-dealkylation sites (tertiary alicyclic amines) is 1. The number of halogens is 3. The zero-order valence-corrected chi connectivity index (χ0v) is 18.8. The van der Waals surface area contributed by atoms with Crippen LogP contribution in [-0.4, -0.2) is 52.0 Å². The van der Waals surface area contributed by atoms with Crippen LogP contribution in [0.4, 0.5) is 13.6 Å². The van der Waals surface area contributed by atoms with Crippen molar-refractivity contribution in [3.05, 3.63) is 70.6 Å². The molecule has 2 heterocycles. The number of hydrogen-bond acceptors (Lipinski definition) is 4. The molecule has 7 nitrogen and oxygen atoms in total. The van der Waals surface area contributed by atoms with E-state index in [1.54, 1.807) is 30.3 Å². The molecule has 1 fully saturated rings. The van der Waals surface area contributed by atoms with Gasteiger partial charge in [-0.3, -0.25) is 14.2 Å². The van der Waals surface area contributed by atoms with Crippen molar-refractivity contribution < 1.29 is 23.2 Å². The van der Waals surface area contributed by atoms with Crippen LogP contribution in [0.5, 0.6) is 0 Å². The lowest BCUT2D eigenvalue weighted by molar-refractivity contribution is -0.137. The Kier molecular flexibility index (Phi) is 6.67. The summed E-state index contributed by atoms with van der Waals surface area (Å²) in [5.74, 6) is -1.58. The molecule has 178 valence electrons. The number of amides is 2. The number of benzene rings is 2. The molecule has 34 heavy (non-hydrogen) atoms. The largest absolute Gasteiger partial charge is 0.351 e. The molecule has 1 saturated heterocycles. The van der Waals surface area contributed by atoms with Crippen LogP contribution in [0, 0.1) is 5.82 Å². The molecule has 0 bridgehead atoms. The minimum Gasteiger partial charge on any atom is -0.351 e. The molecular weight excluding hydrogens is 466 g/mol. The first-order valence-electron chi connectivity index (χ1n) is 10.7. The molecule has 1 aliphatic heterocycles. The molecule has 1 aliphatic rings. The Morgan fingerprint density at radius 1 is 1.09 bits per heavy atom. The van der Waals surface area contributed by atoms with Crippen LogP contribution in [0.25, 0.3) is 10.9 Å². The molecule has 4 rings (SSSR count). The molecule has 10 heteroatoms. The van der Waals surface area contributed by atoms with Gasteiger partial charge in [0.05, 0.1) is 29.5 Å². The second kappa shape index (κ2) is 9.52. The Bertz CT molecular complexity index is 1280. The van der Waals surface area contributed by atoms with Crippen molar-refractivity contribution in [1.82, 2.24) is 9.47 Å². The highest BCUT2D eigenvalue weighted by Gasteiger charge is 2.45. The van der Waals surface area contributed by atoms with E-state index in [0.29, 0.717) is 16.5 Å². The Morgan fingerprint density at radius 2 is 1.82 bits per heavy atom. The number of carbonyl (C=O) groups excluding carboxylic acids is 3. The highest BCUT2D eigenvalue weighted by molar-refractivity contribution is 6.30. The van der Waals surface area contributed by atoms with Crippen molar-refractivity contribution in [2.45, 2.75) is 37.5 Å². The van der Waals surface area contributed by atoms with E-state index in [1.165, 1.54) is 22.9 Å². The number of para-hydroxylation sites is 1. The third-order valence-corrected chi connectivity index (χ3v) is 6.48. The van der Waals surface area contributed by atoms with Crippen molar-refractivity contribution in [2.75, 3.05) is 6.54 Å². The van der Waals surface area contributed by atoms with Crippen LogP contribution < -0.4 is 11.5 Å². The van der Waals surface area contributed by atoms with Crippen molar-refractivity contribution in [1.29, 1.82) is 0 Å². The summed E-state index contributed by atoms with van der Waals surface area (Å²) in [6, 6.07) is 8.35. The van der Waals surface area contributed by atoms with Gasteiger partial charge in [0.2, 0.25) is 5.91 Å². The molecule has 1 aromatic heterocycles. The standard InChI is InChI=1S/C24H23ClF2N4O3/c25-16-6-3-4-13(21(16)27)8-9-19(32)23-22(28)17(26)12-31(23)20(33)10-14-11-30(24(29)34)18-7-2-1-5-15(14)18/h1-7,11,17,22-23H,8-10,12,28H2,(H2,29,34)/t17-,22+,23+/m0/s1. The SMILES string of the molecule is NC(=O)n1cc(CC(=O)N2C[C@H](F)[C@@H](N)[C@H]2C(=O)CCc2cccc(Cl)c2F)c2ccccc21. The van der Waals surface area contributed by atoms with Gasteiger partial charge in [0, 0.05) is 18.0 Å². The van der Waals surface area contributed by atoms with Crippen LogP contribution in [-0.2, 0) is 22.4 Å². The lowest BCUT2D eigenvalue weighted by Gasteiger charge is -2.25. The number of nitrogens with zero attached hydrogens (tertiary/aromatic N) is 2. The maximum absolute atomic E-state index is 14.5. The van der Waals surface area contributed by atoms with Gasteiger partial charge < -0.3 is 16.4 Å². The van der Waals surface area contributed by atoms with Crippen LogP contribution in [0.15, 0.2) is 48.7 Å². The number of fused-ring (bicyclic) bond motifs is 1. The van der Waals surface area contributed by atoms with E-state index < -0.39 is 41.8 Å². The molecule has 4 N–H and O–H groups in total. The molecule has 2 aromatic carbocycles. The normalized spacial score (nSPS) is 20.1. The minimum atomic E-state index is -1.58. The number of alkyl halides is 1. The highest BCUT2D eigenvalue weighted by Crippen LogP contribution is 2.27. The third-order valence-electron chi connectivity index (χ3n) is 6.19. The molecule has 0 saturated carbocycles. The predicted molar refractivity (Wildman–Crippen MR) is 124 cm³/mol. The monoisotopic (exact) mass is 488 g/mol. The van der Waals surface area contributed by atoms with E-state index >= 15 is 0 Å². The summed E-state index contributed by atoms with van der Waals surface area (Å²) in [6.07, 6.45) is -0.376. The van der Waals surface area contributed by atoms with E-state index in [9.17, 15) is 23.2 Å². The molecule has 3 atom stereocenters. The first-order valence-corrected chi connectivity index (χ1v) is 11.1. The molecule has 0 radical (unpaired) electrons. The fourth-order valence-electron chi connectivity index (χ4n) is 4.46. The smallest absolute Gasteiger partial charge is 0.323 e. The van der Waals surface area contributed by atoms with E-state index in [-0.39, 0.29) is 36.4 Å². The van der Waals surface area contributed by atoms with Gasteiger partial charge in [0.25, 0.3) is 0 Å². The average Bonchev–Trinajstić information content (AvgIpc) is 3.32. The summed E-state index contributed by atoms with van der Waals surface area (Å²) < 4.78 is 29.9. The van der Waals surface area contributed by atoms with Gasteiger partial charge in [-0.1, -0.05) is 41.9 Å². The fraction of sp³-hybridized carbons (Fsp3) is 0.292. The number of carbonyl (C=O) groups is 3. The van der Waals surface area contributed by atoms with Gasteiger partial charge in [-0.2, -0.15) is 0 Å². The topological polar surface area (TPSA) is 111 Å². The zero-order chi connectivity index (χ0) is 24.6. The predicted octanol–water partition coefficient (Wildman–Crippen LogP) is 2.98. The van der Waals surface area contributed by atoms with Gasteiger partial charge in [-0.05, 0) is 29.7 Å². The summed E-state index contributed by atoms with van der Waals surface area (Å²) >= 11 is 5.79. The van der Waals surface area contributed by atoms with Crippen molar-refractivity contribution >= 4 is 40.2 Å². The second-order valence-electron chi connectivity index (χ2n) is 8.32. The van der Waals surface area contributed by atoms with E-state index in [2.05, 4.69) is 0 Å². The Labute approximate surface area is 199 Å². The summed E-state index contributed by atoms with van der Waals surface area (Å²) in [6.45, 7) is -0.323. The summed E-state index contributed by atoms with van der Waals surface area (Å²) in [5, 5.41) is 0.590. The van der Waals surface area contributed by atoms with E-state index in [4.69, 9.17) is 23.1 Å². The first-order chi connectivity index (χ1) is 16.2. The number of hydrogen-bond donors (Lipinski definition) is 2. The van der Waals surface area contributed by atoms with E-state index in [1.807, 2.05) is 0 Å². The fourth-order valence-corrected chi connectivity index (χ4v) is 4.65. The lowest BCUT2D eigenvalue weighted by atomic mass is 9.98. The molecule has 0 spiro atoms. The number of aryl methyl sites for hydroxylation is 1. The second-order valence-corrected chi connectivity index (χ2v) is 8.73. The van der Waals surface area contributed by atoms with Crippen LogP contribution in [0.1, 0.15) is 17.5 Å². The Morgan fingerprint density at radius 3 is 2.56 bits per heavy atom. The summed E-state index contributed by atoms with van der Waals surface area (Å²) in [7, 11) is 0. The number of primary amides is 1. The molecule has 2 amide bonds. The number of nitrogens with two attached hydrogens (primary N) is 2. The van der Waals surface area contributed by atoms with Crippen LogP contribution >= 0.6 is 11.6 Å². The van der Waals surface area contributed by atoms with Gasteiger partial charge in [0.1, 0.15) is 18.0 Å². The van der Waals surface area contributed by atoms with Crippen LogP contribution in [0.3, 0.4) is 0 Å². The van der Waals surface area contributed by atoms with Crippen molar-refractivity contribution in [3.63, 3.8) is 0 Å². The van der Waals surface area contributed by atoms with E-state index in [0.717, 1.165) is 4.90 Å². The first kappa shape index (κ1) is 23.8. The Balaban J connectivity index is 1.54. The highest BCUT2D eigenvalue weighted by atomic mass is 35.5. The van der Waals surface area contributed by atoms with Crippen LogP contribution in [0.2, 0.25) is 5.02 Å². The van der Waals surface area contributed by atoms with Gasteiger partial charge >= 0.3 is 6.03 Å². The van der Waals surface area contributed by atoms with Gasteiger partial charge in [-0.25, -0.2) is 13.6 Å². The average molecular weight is 489 g/mol. The molecule has 3 aromatic rings. The Hall–Kier alpha value is -3.30. The molecule has 0 unspecified atom stereocenters. The lowest BCUT2D eigenvalue weighted by Crippen LogP contribution is -2.49. The number of ketones is 1. The molecular formula is C24H23ClF2N4O3. The molecule has 0 aliphatic carbocycles. The number of Topliss-reactive ketones (excluding diaryl/α,β-unsaturated/α-hetero) is 1. The minimum absolute atomic E-state index is 0.0412. The maximum atomic E-state index is 14.5.